The number of nitrogens with zero attached hydrogens (tertiary/aromatic N) is 1. The van der Waals surface area contributed by atoms with Gasteiger partial charge in [0.1, 0.15) is 6.04 Å². The molecule has 0 bridgehead atoms. The van der Waals surface area contributed by atoms with Gasteiger partial charge in [0.05, 0.1) is 19.3 Å². The van der Waals surface area contributed by atoms with Crippen molar-refractivity contribution in [2.45, 2.75) is 6.04 Å². The van der Waals surface area contributed by atoms with E-state index in [4.69, 9.17) is 10.00 Å². The zero-order valence-electron chi connectivity index (χ0n) is 4.55. The third-order valence-corrected chi connectivity index (χ3v) is 1.08. The van der Waals surface area contributed by atoms with Crippen LogP contribution in [-0.4, -0.2) is 25.8 Å². The van der Waals surface area contributed by atoms with E-state index in [2.05, 4.69) is 11.4 Å². The number of nitriles is 1. The standard InChI is InChI=1S/C5H8N2O/c6-3-5-4-8-2-1-7-5/h5,7H,1-2,4H2/t5-/m1/s1. The van der Waals surface area contributed by atoms with Gasteiger partial charge in [-0.25, -0.2) is 0 Å². The number of hydrogen-bond donors (Lipinski definition) is 1. The lowest BCUT2D eigenvalue weighted by Crippen LogP contribution is -2.39. The summed E-state index contributed by atoms with van der Waals surface area (Å²) < 4.78 is 4.99. The second-order valence-electron chi connectivity index (χ2n) is 1.71. The van der Waals surface area contributed by atoms with Gasteiger partial charge in [-0.1, -0.05) is 0 Å². The number of hydrogen-bond acceptors (Lipinski definition) is 3. The minimum Gasteiger partial charge on any atom is -0.377 e. The van der Waals surface area contributed by atoms with Crippen LogP contribution in [0.25, 0.3) is 0 Å². The van der Waals surface area contributed by atoms with E-state index < -0.39 is 0 Å². The lowest BCUT2D eigenvalue weighted by molar-refractivity contribution is 0.0920. The molecule has 3 heteroatoms. The summed E-state index contributed by atoms with van der Waals surface area (Å²) in [5.74, 6) is 0. The van der Waals surface area contributed by atoms with Gasteiger partial charge in [-0.2, -0.15) is 5.26 Å². The maximum atomic E-state index is 8.30. The molecule has 0 aromatic rings. The monoisotopic (exact) mass is 112 g/mol. The first-order valence-corrected chi connectivity index (χ1v) is 2.64. The van der Waals surface area contributed by atoms with Crippen LogP contribution in [0.5, 0.6) is 0 Å². The van der Waals surface area contributed by atoms with E-state index in [0.717, 1.165) is 13.2 Å². The van der Waals surface area contributed by atoms with Gasteiger partial charge in [-0.15, -0.1) is 0 Å². The van der Waals surface area contributed by atoms with E-state index in [1.807, 2.05) is 0 Å². The van der Waals surface area contributed by atoms with Crippen molar-refractivity contribution in [1.29, 1.82) is 5.26 Å². The van der Waals surface area contributed by atoms with Crippen LogP contribution in [0.15, 0.2) is 0 Å². The van der Waals surface area contributed by atoms with Gasteiger partial charge in [0.25, 0.3) is 0 Å². The van der Waals surface area contributed by atoms with Crippen LogP contribution in [0.4, 0.5) is 0 Å². The minimum atomic E-state index is -0.0799. The normalized spacial score (nSPS) is 29.1. The van der Waals surface area contributed by atoms with Crippen molar-refractivity contribution in [3.63, 3.8) is 0 Å². The van der Waals surface area contributed by atoms with Crippen LogP contribution in [0.3, 0.4) is 0 Å². The number of nitrogens with one attached hydrogen (secondary N) is 1. The molecule has 44 valence electrons. The molecule has 8 heavy (non-hydrogen) atoms. The average molecular weight is 112 g/mol. The highest BCUT2D eigenvalue weighted by atomic mass is 16.5. The first-order valence-electron chi connectivity index (χ1n) is 2.64. The fraction of sp³-hybridized carbons (Fsp3) is 0.800. The molecule has 1 N–H and O–H groups in total. The molecule has 1 saturated heterocycles. The fourth-order valence-corrected chi connectivity index (χ4v) is 0.648. The fourth-order valence-electron chi connectivity index (χ4n) is 0.648. The van der Waals surface area contributed by atoms with E-state index in [0.29, 0.717) is 6.61 Å². The Morgan fingerprint density at radius 2 is 2.62 bits per heavy atom. The Kier molecular flexibility index (Phi) is 1.84. The molecule has 0 spiro atoms. The average Bonchev–Trinajstić information content (AvgIpc) is 1.90. The predicted molar refractivity (Wildman–Crippen MR) is 28.2 cm³/mol. The molecule has 1 atom stereocenters. The summed E-state index contributed by atoms with van der Waals surface area (Å²) in [5.41, 5.74) is 0. The molecule has 1 rings (SSSR count). The number of rotatable bonds is 0. The van der Waals surface area contributed by atoms with Gasteiger partial charge in [0.2, 0.25) is 0 Å². The topological polar surface area (TPSA) is 45.0 Å². The largest absolute Gasteiger partial charge is 0.377 e. The summed E-state index contributed by atoms with van der Waals surface area (Å²) in [6.07, 6.45) is 0. The zero-order chi connectivity index (χ0) is 5.82. The summed E-state index contributed by atoms with van der Waals surface area (Å²) in [4.78, 5) is 0. The van der Waals surface area contributed by atoms with E-state index in [-0.39, 0.29) is 6.04 Å². The molecule has 3 nitrogen and oxygen atoms in total. The molecule has 0 radical (unpaired) electrons. The van der Waals surface area contributed by atoms with Gasteiger partial charge in [0, 0.05) is 6.54 Å². The smallest absolute Gasteiger partial charge is 0.119 e. The van der Waals surface area contributed by atoms with Crippen molar-refractivity contribution >= 4 is 0 Å². The van der Waals surface area contributed by atoms with Gasteiger partial charge >= 0.3 is 0 Å². The first kappa shape index (κ1) is 5.54. The molecule has 1 aliphatic rings. The number of morpholine rings is 1. The first-order chi connectivity index (χ1) is 3.93. The van der Waals surface area contributed by atoms with Gasteiger partial charge in [-0.05, 0) is 0 Å². The molecule has 1 heterocycles. The highest BCUT2D eigenvalue weighted by Crippen LogP contribution is 1.88. The highest BCUT2D eigenvalue weighted by Gasteiger charge is 2.09. The summed E-state index contributed by atoms with van der Waals surface area (Å²) in [5, 5.41) is 11.3. The Balaban J connectivity index is 2.25. The maximum Gasteiger partial charge on any atom is 0.119 e. The summed E-state index contributed by atoms with van der Waals surface area (Å²) >= 11 is 0. The molecule has 0 aromatic heterocycles. The summed E-state index contributed by atoms with van der Waals surface area (Å²) in [7, 11) is 0. The van der Waals surface area contributed by atoms with E-state index >= 15 is 0 Å². The number of ether oxygens (including phenoxy) is 1. The second-order valence-corrected chi connectivity index (χ2v) is 1.71. The Bertz CT molecular complexity index is 101. The quantitative estimate of drug-likeness (QED) is 0.459. The second kappa shape index (κ2) is 2.65. The van der Waals surface area contributed by atoms with Crippen LogP contribution < -0.4 is 5.32 Å². The molecule has 1 aliphatic heterocycles. The van der Waals surface area contributed by atoms with Crippen LogP contribution in [-0.2, 0) is 4.74 Å². The van der Waals surface area contributed by atoms with Crippen molar-refractivity contribution in [2.24, 2.45) is 0 Å². The van der Waals surface area contributed by atoms with E-state index in [1.54, 1.807) is 0 Å². The van der Waals surface area contributed by atoms with Crippen molar-refractivity contribution in [1.82, 2.24) is 5.32 Å². The third kappa shape index (κ3) is 1.19. The summed E-state index contributed by atoms with van der Waals surface area (Å²) in [6.45, 7) is 2.08. The van der Waals surface area contributed by atoms with Crippen LogP contribution >= 0.6 is 0 Å². The lowest BCUT2D eigenvalue weighted by atomic mass is 10.3. The SMILES string of the molecule is N#C[C@@H]1COCCN1. The molecule has 0 aromatic carbocycles. The predicted octanol–water partition coefficient (Wildman–Crippen LogP) is -0.502. The lowest BCUT2D eigenvalue weighted by Gasteiger charge is -2.16. The molecule has 1 fully saturated rings. The van der Waals surface area contributed by atoms with Crippen molar-refractivity contribution in [2.75, 3.05) is 19.8 Å². The molecular weight excluding hydrogens is 104 g/mol. The van der Waals surface area contributed by atoms with E-state index in [1.165, 1.54) is 0 Å². The third-order valence-electron chi connectivity index (χ3n) is 1.08. The van der Waals surface area contributed by atoms with Gasteiger partial charge in [0.15, 0.2) is 0 Å². The van der Waals surface area contributed by atoms with Crippen molar-refractivity contribution in [3.8, 4) is 6.07 Å². The van der Waals surface area contributed by atoms with Crippen molar-refractivity contribution in [3.05, 3.63) is 0 Å². The molecule has 0 saturated carbocycles. The van der Waals surface area contributed by atoms with Crippen LogP contribution in [0.2, 0.25) is 0 Å². The van der Waals surface area contributed by atoms with Crippen LogP contribution in [0, 0.1) is 11.3 Å². The molecule has 0 aliphatic carbocycles. The Morgan fingerprint density at radius 1 is 1.75 bits per heavy atom. The minimum absolute atomic E-state index is 0.0799. The van der Waals surface area contributed by atoms with Crippen molar-refractivity contribution < 1.29 is 4.74 Å². The highest BCUT2D eigenvalue weighted by molar-refractivity contribution is 4.90. The Labute approximate surface area is 48.2 Å². The molecule has 0 unspecified atom stereocenters. The molecule has 0 amide bonds. The van der Waals surface area contributed by atoms with E-state index in [9.17, 15) is 0 Å². The van der Waals surface area contributed by atoms with Gasteiger partial charge in [-0.3, -0.25) is 5.32 Å². The summed E-state index contributed by atoms with van der Waals surface area (Å²) in [6, 6.07) is 1.99. The Hall–Kier alpha value is -0.590. The Morgan fingerprint density at radius 3 is 3.00 bits per heavy atom. The molecular formula is C5H8N2O. The van der Waals surface area contributed by atoms with Crippen LogP contribution in [0.1, 0.15) is 0 Å². The zero-order valence-corrected chi connectivity index (χ0v) is 4.55. The van der Waals surface area contributed by atoms with Gasteiger partial charge < -0.3 is 4.74 Å². The maximum absolute atomic E-state index is 8.30.